The van der Waals surface area contributed by atoms with Crippen LogP contribution in [0.25, 0.3) is 0 Å². The molecular formula is C16H30N2O3. The minimum absolute atomic E-state index is 0.120. The van der Waals surface area contributed by atoms with Crippen molar-refractivity contribution in [2.75, 3.05) is 39.4 Å². The molecule has 1 aliphatic carbocycles. The van der Waals surface area contributed by atoms with Gasteiger partial charge < -0.3 is 15.2 Å². The van der Waals surface area contributed by atoms with E-state index in [0.29, 0.717) is 24.9 Å². The standard InChI is InChI=1S/C16H30N2O3/c1-12-7-13(2)9-14(8-12)16(20)17-10-15(19)11-18-3-5-21-6-4-18/h12-15,19H,3-11H2,1-2H3,(H,17,20). The van der Waals surface area contributed by atoms with Gasteiger partial charge in [0.15, 0.2) is 0 Å². The van der Waals surface area contributed by atoms with Gasteiger partial charge in [-0.15, -0.1) is 0 Å². The molecule has 2 fully saturated rings. The van der Waals surface area contributed by atoms with Gasteiger partial charge >= 0.3 is 0 Å². The van der Waals surface area contributed by atoms with E-state index < -0.39 is 6.10 Å². The summed E-state index contributed by atoms with van der Waals surface area (Å²) >= 11 is 0. The summed E-state index contributed by atoms with van der Waals surface area (Å²) in [6.45, 7) is 8.61. The number of aliphatic hydroxyl groups is 1. The first-order valence-electron chi connectivity index (χ1n) is 8.30. The molecule has 0 aromatic heterocycles. The lowest BCUT2D eigenvalue weighted by Gasteiger charge is -2.31. The highest BCUT2D eigenvalue weighted by Gasteiger charge is 2.29. The Morgan fingerprint density at radius 3 is 2.48 bits per heavy atom. The van der Waals surface area contributed by atoms with Crippen LogP contribution in [0, 0.1) is 17.8 Å². The Hall–Kier alpha value is -0.650. The van der Waals surface area contributed by atoms with Crippen molar-refractivity contribution < 1.29 is 14.6 Å². The Morgan fingerprint density at radius 1 is 1.24 bits per heavy atom. The molecule has 122 valence electrons. The number of ether oxygens (including phenoxy) is 1. The van der Waals surface area contributed by atoms with Gasteiger partial charge in [0.2, 0.25) is 5.91 Å². The third-order valence-electron chi connectivity index (χ3n) is 4.63. The molecule has 3 atom stereocenters. The highest BCUT2D eigenvalue weighted by Crippen LogP contribution is 2.32. The number of nitrogens with one attached hydrogen (secondary N) is 1. The van der Waals surface area contributed by atoms with E-state index in [-0.39, 0.29) is 11.8 Å². The summed E-state index contributed by atoms with van der Waals surface area (Å²) in [5, 5.41) is 13.0. The first-order chi connectivity index (χ1) is 10.0. The van der Waals surface area contributed by atoms with Crippen LogP contribution in [0.3, 0.4) is 0 Å². The van der Waals surface area contributed by atoms with Crippen molar-refractivity contribution >= 4 is 5.91 Å². The lowest BCUT2D eigenvalue weighted by atomic mass is 9.76. The molecule has 0 spiro atoms. The quantitative estimate of drug-likeness (QED) is 0.790. The zero-order valence-corrected chi connectivity index (χ0v) is 13.4. The summed E-state index contributed by atoms with van der Waals surface area (Å²) in [5.41, 5.74) is 0. The first kappa shape index (κ1) is 16.7. The molecule has 1 heterocycles. The van der Waals surface area contributed by atoms with Gasteiger partial charge in [-0.25, -0.2) is 0 Å². The molecule has 1 saturated heterocycles. The van der Waals surface area contributed by atoms with Gasteiger partial charge in [-0.3, -0.25) is 9.69 Å². The fraction of sp³-hybridized carbons (Fsp3) is 0.938. The molecule has 2 aliphatic rings. The topological polar surface area (TPSA) is 61.8 Å². The fourth-order valence-corrected chi connectivity index (χ4v) is 3.67. The summed E-state index contributed by atoms with van der Waals surface area (Å²) in [6.07, 6.45) is 2.69. The van der Waals surface area contributed by atoms with Crippen LogP contribution in [-0.2, 0) is 9.53 Å². The Balaban J connectivity index is 1.67. The van der Waals surface area contributed by atoms with Crippen LogP contribution in [0.15, 0.2) is 0 Å². The van der Waals surface area contributed by atoms with Crippen molar-refractivity contribution in [1.29, 1.82) is 0 Å². The zero-order valence-electron chi connectivity index (χ0n) is 13.4. The molecule has 0 radical (unpaired) electrons. The Kier molecular flexibility index (Phi) is 6.45. The molecule has 5 nitrogen and oxygen atoms in total. The molecule has 1 aliphatic heterocycles. The molecule has 1 amide bonds. The maximum Gasteiger partial charge on any atom is 0.223 e. The lowest BCUT2D eigenvalue weighted by Crippen LogP contribution is -2.45. The first-order valence-corrected chi connectivity index (χ1v) is 8.30. The van der Waals surface area contributed by atoms with Crippen LogP contribution in [0.5, 0.6) is 0 Å². The second-order valence-corrected chi connectivity index (χ2v) is 6.93. The number of nitrogens with zero attached hydrogens (tertiary/aromatic N) is 1. The van der Waals surface area contributed by atoms with Gasteiger partial charge in [0, 0.05) is 32.1 Å². The van der Waals surface area contributed by atoms with Gasteiger partial charge in [-0.1, -0.05) is 13.8 Å². The van der Waals surface area contributed by atoms with Crippen LogP contribution in [-0.4, -0.2) is 61.4 Å². The van der Waals surface area contributed by atoms with E-state index >= 15 is 0 Å². The van der Waals surface area contributed by atoms with E-state index in [9.17, 15) is 9.90 Å². The second kappa shape index (κ2) is 8.11. The number of hydrogen-bond acceptors (Lipinski definition) is 4. The number of β-amino-alcohol motifs (C(OH)–C–C–N with tert-alkyl or cyclic N) is 1. The van der Waals surface area contributed by atoms with Crippen molar-refractivity contribution in [2.45, 2.75) is 39.2 Å². The fourth-order valence-electron chi connectivity index (χ4n) is 3.67. The Bertz CT molecular complexity index is 321. The van der Waals surface area contributed by atoms with Crippen molar-refractivity contribution in [2.24, 2.45) is 17.8 Å². The van der Waals surface area contributed by atoms with Crippen LogP contribution in [0.1, 0.15) is 33.1 Å². The lowest BCUT2D eigenvalue weighted by molar-refractivity contribution is -0.127. The number of carbonyl (C=O) groups is 1. The average molecular weight is 298 g/mol. The number of amides is 1. The predicted octanol–water partition coefficient (Wildman–Crippen LogP) is 0.868. The molecule has 0 aromatic carbocycles. The SMILES string of the molecule is CC1CC(C)CC(C(=O)NCC(O)CN2CCOCC2)C1. The van der Waals surface area contributed by atoms with Crippen molar-refractivity contribution in [3.05, 3.63) is 0 Å². The normalized spacial score (nSPS) is 32.6. The summed E-state index contributed by atoms with van der Waals surface area (Å²) < 4.78 is 5.29. The summed E-state index contributed by atoms with van der Waals surface area (Å²) in [7, 11) is 0. The van der Waals surface area contributed by atoms with E-state index in [1.165, 1.54) is 6.42 Å². The molecule has 2 rings (SSSR count). The minimum Gasteiger partial charge on any atom is -0.390 e. The number of hydrogen-bond donors (Lipinski definition) is 2. The van der Waals surface area contributed by atoms with Crippen LogP contribution >= 0.6 is 0 Å². The molecule has 2 N–H and O–H groups in total. The zero-order chi connectivity index (χ0) is 15.2. The number of morpholine rings is 1. The summed E-state index contributed by atoms with van der Waals surface area (Å²) in [5.74, 6) is 1.50. The largest absolute Gasteiger partial charge is 0.390 e. The molecule has 21 heavy (non-hydrogen) atoms. The maximum atomic E-state index is 12.2. The van der Waals surface area contributed by atoms with Crippen molar-refractivity contribution in [1.82, 2.24) is 10.2 Å². The highest BCUT2D eigenvalue weighted by molar-refractivity contribution is 5.78. The van der Waals surface area contributed by atoms with E-state index in [4.69, 9.17) is 4.74 Å². The molecule has 3 unspecified atom stereocenters. The molecule has 1 saturated carbocycles. The molecule has 5 heteroatoms. The average Bonchev–Trinajstić information content (AvgIpc) is 2.45. The number of rotatable bonds is 5. The van der Waals surface area contributed by atoms with Crippen molar-refractivity contribution in [3.63, 3.8) is 0 Å². The van der Waals surface area contributed by atoms with E-state index in [1.807, 2.05) is 0 Å². The second-order valence-electron chi connectivity index (χ2n) is 6.93. The number of carbonyl (C=O) groups excluding carboxylic acids is 1. The molecular weight excluding hydrogens is 268 g/mol. The Labute approximate surface area is 128 Å². The molecule has 0 bridgehead atoms. The minimum atomic E-state index is -0.495. The van der Waals surface area contributed by atoms with E-state index in [0.717, 1.165) is 39.1 Å². The van der Waals surface area contributed by atoms with Gasteiger partial charge in [-0.05, 0) is 31.1 Å². The molecule has 0 aromatic rings. The van der Waals surface area contributed by atoms with E-state index in [1.54, 1.807) is 0 Å². The van der Waals surface area contributed by atoms with Crippen LogP contribution in [0.2, 0.25) is 0 Å². The summed E-state index contributed by atoms with van der Waals surface area (Å²) in [6, 6.07) is 0. The van der Waals surface area contributed by atoms with Crippen LogP contribution < -0.4 is 5.32 Å². The highest BCUT2D eigenvalue weighted by atomic mass is 16.5. The van der Waals surface area contributed by atoms with Crippen molar-refractivity contribution in [3.8, 4) is 0 Å². The van der Waals surface area contributed by atoms with Crippen LogP contribution in [0.4, 0.5) is 0 Å². The van der Waals surface area contributed by atoms with Gasteiger partial charge in [0.25, 0.3) is 0 Å². The van der Waals surface area contributed by atoms with Gasteiger partial charge in [0.1, 0.15) is 0 Å². The predicted molar refractivity (Wildman–Crippen MR) is 81.9 cm³/mol. The smallest absolute Gasteiger partial charge is 0.223 e. The summed E-state index contributed by atoms with van der Waals surface area (Å²) in [4.78, 5) is 14.4. The van der Waals surface area contributed by atoms with Gasteiger partial charge in [0.05, 0.1) is 19.3 Å². The third-order valence-corrected chi connectivity index (χ3v) is 4.63. The maximum absolute atomic E-state index is 12.2. The van der Waals surface area contributed by atoms with E-state index in [2.05, 4.69) is 24.1 Å². The third kappa shape index (κ3) is 5.57. The number of aliphatic hydroxyl groups excluding tert-OH is 1. The monoisotopic (exact) mass is 298 g/mol. The Morgan fingerprint density at radius 2 is 1.86 bits per heavy atom. The van der Waals surface area contributed by atoms with Gasteiger partial charge in [-0.2, -0.15) is 0 Å².